The summed E-state index contributed by atoms with van der Waals surface area (Å²) in [4.78, 5) is 66.0. The minimum Gasteiger partial charge on any atom is -0.399 e. The number of aromatic nitrogens is 2. The van der Waals surface area contributed by atoms with Crippen molar-refractivity contribution in [1.82, 2.24) is 9.97 Å². The predicted molar refractivity (Wildman–Crippen MR) is 182 cm³/mol. The Balaban J connectivity index is 1.18. The molecule has 10 heteroatoms. The summed E-state index contributed by atoms with van der Waals surface area (Å²) in [6, 6.07) is 30.9. The number of carbonyl (C=O) groups excluding carboxylic acids is 4. The molecule has 3 heterocycles. The van der Waals surface area contributed by atoms with Gasteiger partial charge in [-0.2, -0.15) is 0 Å². The van der Waals surface area contributed by atoms with Crippen LogP contribution in [0.1, 0.15) is 41.4 Å². The first-order valence-corrected chi connectivity index (χ1v) is 15.0. The van der Waals surface area contributed by atoms with Crippen molar-refractivity contribution in [3.63, 3.8) is 0 Å². The second-order valence-electron chi connectivity index (χ2n) is 11.4. The van der Waals surface area contributed by atoms with E-state index in [1.807, 2.05) is 24.3 Å². The van der Waals surface area contributed by atoms with Gasteiger partial charge in [-0.05, 0) is 95.1 Å². The van der Waals surface area contributed by atoms with Gasteiger partial charge in [0.15, 0.2) is 5.82 Å². The Kier molecular flexibility index (Phi) is 6.45. The molecule has 1 aromatic heterocycles. The van der Waals surface area contributed by atoms with E-state index in [1.165, 1.54) is 24.5 Å². The zero-order chi connectivity index (χ0) is 33.1. The van der Waals surface area contributed by atoms with Gasteiger partial charge in [0, 0.05) is 29.3 Å². The fourth-order valence-electron chi connectivity index (χ4n) is 6.12. The monoisotopic (exact) mass is 628 g/mol. The van der Waals surface area contributed by atoms with Crippen LogP contribution in [0.2, 0.25) is 0 Å². The van der Waals surface area contributed by atoms with Crippen LogP contribution in [-0.4, -0.2) is 33.6 Å². The summed E-state index contributed by atoms with van der Waals surface area (Å²) in [5.41, 5.74) is 17.9. The van der Waals surface area contributed by atoms with Gasteiger partial charge in [-0.3, -0.25) is 19.2 Å². The van der Waals surface area contributed by atoms with E-state index in [9.17, 15) is 19.2 Å². The molecule has 8 rings (SSSR count). The maximum atomic E-state index is 13.9. The minimum absolute atomic E-state index is 0.204. The highest BCUT2D eigenvalue weighted by Crippen LogP contribution is 2.40. The molecule has 48 heavy (non-hydrogen) atoms. The molecular formula is C38H24N6O4. The maximum absolute atomic E-state index is 13.9. The van der Waals surface area contributed by atoms with Crippen LogP contribution in [0.4, 0.5) is 22.7 Å². The first-order chi connectivity index (χ1) is 23.3. The summed E-state index contributed by atoms with van der Waals surface area (Å²) in [6.45, 7) is 0. The second-order valence-corrected chi connectivity index (χ2v) is 11.4. The number of amides is 4. The normalized spacial score (nSPS) is 13.7. The lowest BCUT2D eigenvalue weighted by Crippen LogP contribution is -2.31. The van der Waals surface area contributed by atoms with Crippen molar-refractivity contribution in [3.05, 3.63) is 144 Å². The zero-order valence-corrected chi connectivity index (χ0v) is 25.1. The SMILES string of the molecule is Nc1ccc(-c2ccc3c(c2)C(=O)N(c2ccc(N4C(=O)c5ccc(-c6ccc(N)cc6)cc5C4=O)c(-c4ncccn4)c2)C3=O)cc1. The molecule has 2 aliphatic heterocycles. The van der Waals surface area contributed by atoms with Crippen LogP contribution in [0.25, 0.3) is 33.6 Å². The lowest BCUT2D eigenvalue weighted by atomic mass is 10.00. The van der Waals surface area contributed by atoms with E-state index in [2.05, 4.69) is 9.97 Å². The molecule has 0 spiro atoms. The third kappa shape index (κ3) is 4.51. The van der Waals surface area contributed by atoms with Crippen LogP contribution in [0, 0.1) is 0 Å². The lowest BCUT2D eigenvalue weighted by molar-refractivity contribution is 0.0909. The van der Waals surface area contributed by atoms with Crippen molar-refractivity contribution in [2.24, 2.45) is 0 Å². The van der Waals surface area contributed by atoms with E-state index in [0.29, 0.717) is 16.9 Å². The number of nitrogens with two attached hydrogens (primary N) is 2. The highest BCUT2D eigenvalue weighted by molar-refractivity contribution is 6.36. The van der Waals surface area contributed by atoms with Crippen molar-refractivity contribution in [2.45, 2.75) is 0 Å². The van der Waals surface area contributed by atoms with Crippen molar-refractivity contribution >= 4 is 46.4 Å². The fourth-order valence-corrected chi connectivity index (χ4v) is 6.12. The van der Waals surface area contributed by atoms with Gasteiger partial charge in [0.2, 0.25) is 0 Å². The molecule has 0 fully saturated rings. The number of nitrogen functional groups attached to an aromatic ring is 2. The smallest absolute Gasteiger partial charge is 0.266 e. The summed E-state index contributed by atoms with van der Waals surface area (Å²) in [7, 11) is 0. The Bertz CT molecular complexity index is 2340. The summed E-state index contributed by atoms with van der Waals surface area (Å²) >= 11 is 0. The van der Waals surface area contributed by atoms with Crippen LogP contribution in [0.3, 0.4) is 0 Å². The zero-order valence-electron chi connectivity index (χ0n) is 25.1. The van der Waals surface area contributed by atoms with Gasteiger partial charge in [-0.15, -0.1) is 0 Å². The average molecular weight is 629 g/mol. The van der Waals surface area contributed by atoms with E-state index in [0.717, 1.165) is 32.1 Å². The Morgan fingerprint density at radius 1 is 0.438 bits per heavy atom. The number of imide groups is 2. The largest absolute Gasteiger partial charge is 0.399 e. The van der Waals surface area contributed by atoms with Gasteiger partial charge in [0.05, 0.1) is 33.6 Å². The van der Waals surface area contributed by atoms with E-state index in [-0.39, 0.29) is 39.5 Å². The molecule has 2 aliphatic rings. The van der Waals surface area contributed by atoms with E-state index < -0.39 is 23.6 Å². The van der Waals surface area contributed by atoms with Gasteiger partial charge < -0.3 is 11.5 Å². The van der Waals surface area contributed by atoms with Crippen molar-refractivity contribution in [2.75, 3.05) is 21.3 Å². The number of nitrogens with zero attached hydrogens (tertiary/aromatic N) is 4. The second kappa shape index (κ2) is 10.8. The molecular weight excluding hydrogens is 604 g/mol. The number of fused-ring (bicyclic) bond motifs is 2. The highest BCUT2D eigenvalue weighted by atomic mass is 16.2. The van der Waals surface area contributed by atoms with Gasteiger partial charge >= 0.3 is 0 Å². The summed E-state index contributed by atoms with van der Waals surface area (Å²) in [5, 5.41) is 0. The number of rotatable bonds is 5. The van der Waals surface area contributed by atoms with Gasteiger partial charge in [-0.25, -0.2) is 19.8 Å². The van der Waals surface area contributed by atoms with E-state index >= 15 is 0 Å². The maximum Gasteiger partial charge on any atom is 0.266 e. The molecule has 0 atom stereocenters. The molecule has 4 N–H and O–H groups in total. The molecule has 10 nitrogen and oxygen atoms in total. The van der Waals surface area contributed by atoms with Crippen LogP contribution >= 0.6 is 0 Å². The molecule has 230 valence electrons. The molecule has 0 saturated carbocycles. The Labute approximate surface area is 273 Å². The minimum atomic E-state index is -0.520. The van der Waals surface area contributed by atoms with Crippen molar-refractivity contribution < 1.29 is 19.2 Å². The lowest BCUT2D eigenvalue weighted by Gasteiger charge is -2.21. The molecule has 5 aromatic carbocycles. The van der Waals surface area contributed by atoms with Crippen LogP contribution in [0.5, 0.6) is 0 Å². The first-order valence-electron chi connectivity index (χ1n) is 15.0. The Hall–Kier alpha value is -6.94. The number of anilines is 4. The Morgan fingerprint density at radius 3 is 1.44 bits per heavy atom. The van der Waals surface area contributed by atoms with E-state index in [4.69, 9.17) is 11.5 Å². The molecule has 0 aliphatic carbocycles. The molecule has 0 saturated heterocycles. The van der Waals surface area contributed by atoms with Crippen LogP contribution in [0.15, 0.2) is 122 Å². The average Bonchev–Trinajstić information content (AvgIpc) is 3.52. The van der Waals surface area contributed by atoms with Crippen LogP contribution < -0.4 is 21.3 Å². The molecule has 0 unspecified atom stereocenters. The topological polar surface area (TPSA) is 153 Å². The third-order valence-corrected chi connectivity index (χ3v) is 8.55. The molecule has 6 aromatic rings. The predicted octanol–water partition coefficient (Wildman–Crippen LogP) is 6.24. The van der Waals surface area contributed by atoms with Crippen molar-refractivity contribution in [3.8, 4) is 33.6 Å². The number of carbonyl (C=O) groups is 4. The number of hydrogen-bond acceptors (Lipinski definition) is 8. The summed E-state index contributed by atoms with van der Waals surface area (Å²) in [5.74, 6) is -1.83. The Morgan fingerprint density at radius 2 is 0.896 bits per heavy atom. The highest BCUT2D eigenvalue weighted by Gasteiger charge is 2.40. The first kappa shape index (κ1) is 28.5. The quantitative estimate of drug-likeness (QED) is 0.168. The summed E-state index contributed by atoms with van der Waals surface area (Å²) in [6.07, 6.45) is 3.06. The van der Waals surface area contributed by atoms with Gasteiger partial charge in [0.1, 0.15) is 0 Å². The molecule has 0 radical (unpaired) electrons. The van der Waals surface area contributed by atoms with Crippen molar-refractivity contribution in [1.29, 1.82) is 0 Å². The molecule has 4 amide bonds. The number of hydrogen-bond donors (Lipinski definition) is 2. The standard InChI is InChI=1S/C38H24N6O4/c39-25-8-2-21(3-9-25)23-6-13-28-30(18-23)37(47)43(35(28)45)27-12-15-33(32(20-27)34-41-16-1-17-42-34)44-36(46)29-14-7-24(19-31(29)38(44)48)22-4-10-26(40)11-5-22/h1-20H,39-40H2. The third-order valence-electron chi connectivity index (χ3n) is 8.55. The van der Waals surface area contributed by atoms with Gasteiger partial charge in [-0.1, -0.05) is 36.4 Å². The fraction of sp³-hybridized carbons (Fsp3) is 0. The van der Waals surface area contributed by atoms with E-state index in [1.54, 1.807) is 72.8 Å². The number of benzene rings is 5. The summed E-state index contributed by atoms with van der Waals surface area (Å²) < 4.78 is 0. The van der Waals surface area contributed by atoms with Gasteiger partial charge in [0.25, 0.3) is 23.6 Å². The molecule has 0 bridgehead atoms. The van der Waals surface area contributed by atoms with Crippen LogP contribution in [-0.2, 0) is 0 Å².